The lowest BCUT2D eigenvalue weighted by molar-refractivity contribution is 0.107. The number of nitrogens with zero attached hydrogens (tertiary/aromatic N) is 5. The molecular weight excluding hydrogens is 564 g/mol. The molecule has 5 heterocycles. The standard InChI is InChI=1S/C30H30BrF2N5O/c31-14-19-9-12-37(16-19)28-24-15-34-26(23-8-3-6-20-5-1-2-7-22(20)23)25(33)27(24)35-29(36-28)39-18-30-10-4-11-38(30)17-21(32)13-30/h1-3,5-8,15,19,21H,4,9-14,16-18H2/t19?,21-,30+/m1/s1. The third kappa shape index (κ3) is 4.34. The summed E-state index contributed by atoms with van der Waals surface area (Å²) in [6, 6.07) is 13.9. The van der Waals surface area contributed by atoms with Gasteiger partial charge >= 0.3 is 6.01 Å². The van der Waals surface area contributed by atoms with Crippen molar-refractivity contribution >= 4 is 43.4 Å². The fraction of sp³-hybridized carbons (Fsp3) is 0.433. The topological polar surface area (TPSA) is 54.4 Å². The van der Waals surface area contributed by atoms with E-state index in [0.29, 0.717) is 36.7 Å². The zero-order valence-corrected chi connectivity index (χ0v) is 23.2. The van der Waals surface area contributed by atoms with Gasteiger partial charge in [-0.1, -0.05) is 58.4 Å². The first kappa shape index (κ1) is 25.1. The molecule has 0 spiro atoms. The highest BCUT2D eigenvalue weighted by Crippen LogP contribution is 2.41. The predicted octanol–water partition coefficient (Wildman–Crippen LogP) is 6.16. The summed E-state index contributed by atoms with van der Waals surface area (Å²) in [6.45, 7) is 3.25. The Morgan fingerprint density at radius 2 is 1.92 bits per heavy atom. The van der Waals surface area contributed by atoms with E-state index in [1.54, 1.807) is 6.20 Å². The van der Waals surface area contributed by atoms with Gasteiger partial charge in [0, 0.05) is 43.1 Å². The van der Waals surface area contributed by atoms with E-state index in [0.717, 1.165) is 60.6 Å². The third-order valence-electron chi connectivity index (χ3n) is 8.72. The second kappa shape index (κ2) is 9.93. The molecule has 0 radical (unpaired) electrons. The van der Waals surface area contributed by atoms with Gasteiger partial charge in [-0.25, -0.2) is 8.78 Å². The first-order chi connectivity index (χ1) is 19.0. The summed E-state index contributed by atoms with van der Waals surface area (Å²) in [5.41, 5.74) is 0.838. The highest BCUT2D eigenvalue weighted by molar-refractivity contribution is 9.09. The van der Waals surface area contributed by atoms with Gasteiger partial charge in [0.15, 0.2) is 5.82 Å². The predicted molar refractivity (Wildman–Crippen MR) is 153 cm³/mol. The van der Waals surface area contributed by atoms with Gasteiger partial charge in [-0.2, -0.15) is 9.97 Å². The van der Waals surface area contributed by atoms with Gasteiger partial charge in [-0.05, 0) is 42.5 Å². The van der Waals surface area contributed by atoms with Crippen LogP contribution in [0.5, 0.6) is 6.01 Å². The number of halogens is 3. The number of rotatable bonds is 6. The number of anilines is 1. The maximum Gasteiger partial charge on any atom is 0.319 e. The molecule has 0 bridgehead atoms. The fourth-order valence-corrected chi connectivity index (χ4v) is 7.27. The molecule has 3 fully saturated rings. The molecule has 2 aromatic carbocycles. The van der Waals surface area contributed by atoms with Crippen LogP contribution in [0.1, 0.15) is 25.7 Å². The van der Waals surface area contributed by atoms with Crippen LogP contribution < -0.4 is 9.64 Å². The van der Waals surface area contributed by atoms with E-state index in [9.17, 15) is 4.39 Å². The van der Waals surface area contributed by atoms with Gasteiger partial charge in [0.25, 0.3) is 0 Å². The molecular formula is C30H30BrF2N5O. The summed E-state index contributed by atoms with van der Waals surface area (Å²) in [4.78, 5) is 18.4. The summed E-state index contributed by atoms with van der Waals surface area (Å²) >= 11 is 3.61. The lowest BCUT2D eigenvalue weighted by atomic mass is 9.95. The normalized spacial score (nSPS) is 25.2. The van der Waals surface area contributed by atoms with Crippen molar-refractivity contribution in [3.8, 4) is 17.3 Å². The van der Waals surface area contributed by atoms with Crippen LogP contribution in [0.4, 0.5) is 14.6 Å². The van der Waals surface area contributed by atoms with Crippen LogP contribution in [0, 0.1) is 11.7 Å². The molecule has 3 saturated heterocycles. The maximum absolute atomic E-state index is 16.4. The molecule has 0 aliphatic carbocycles. The van der Waals surface area contributed by atoms with E-state index in [-0.39, 0.29) is 22.8 Å². The quantitative estimate of drug-likeness (QED) is 0.250. The van der Waals surface area contributed by atoms with E-state index >= 15 is 4.39 Å². The van der Waals surface area contributed by atoms with Gasteiger partial charge in [0.2, 0.25) is 0 Å². The van der Waals surface area contributed by atoms with Crippen molar-refractivity contribution in [1.29, 1.82) is 0 Å². The Hall–Kier alpha value is -2.91. The average molecular weight is 595 g/mol. The van der Waals surface area contributed by atoms with Crippen LogP contribution in [-0.2, 0) is 0 Å². The Labute approximate surface area is 234 Å². The molecule has 6 nitrogen and oxygen atoms in total. The van der Waals surface area contributed by atoms with Gasteiger partial charge < -0.3 is 9.64 Å². The fourth-order valence-electron chi connectivity index (χ4n) is 6.75. The van der Waals surface area contributed by atoms with Crippen molar-refractivity contribution in [2.24, 2.45) is 5.92 Å². The van der Waals surface area contributed by atoms with Gasteiger partial charge in [0.05, 0.1) is 10.9 Å². The minimum Gasteiger partial charge on any atom is -0.461 e. The number of pyridine rings is 1. The molecule has 202 valence electrons. The highest BCUT2D eigenvalue weighted by atomic mass is 79.9. The molecule has 0 amide bonds. The summed E-state index contributed by atoms with van der Waals surface area (Å²) < 4.78 is 36.9. The SMILES string of the molecule is Fc1c(-c2cccc3ccccc23)ncc2c(N3CCC(CBr)C3)nc(OC[C@@]34CCCN3C[C@H](F)C4)nc12. The number of hydrogen-bond donors (Lipinski definition) is 0. The van der Waals surface area contributed by atoms with Crippen LogP contribution in [0.3, 0.4) is 0 Å². The van der Waals surface area contributed by atoms with Gasteiger partial charge in [0.1, 0.15) is 29.8 Å². The van der Waals surface area contributed by atoms with E-state index in [1.807, 2.05) is 42.5 Å². The summed E-state index contributed by atoms with van der Waals surface area (Å²) in [6.07, 6.45) is 4.23. The molecule has 9 heteroatoms. The molecule has 3 aliphatic heterocycles. The minimum absolute atomic E-state index is 0.136. The average Bonchev–Trinajstić information content (AvgIpc) is 3.66. The molecule has 0 saturated carbocycles. The highest BCUT2D eigenvalue weighted by Gasteiger charge is 2.49. The first-order valence-corrected chi connectivity index (χ1v) is 14.8. The molecule has 0 N–H and O–H groups in total. The number of alkyl halides is 2. The van der Waals surface area contributed by atoms with Gasteiger partial charge in [-0.15, -0.1) is 0 Å². The molecule has 3 aliphatic rings. The largest absolute Gasteiger partial charge is 0.461 e. The zero-order valence-electron chi connectivity index (χ0n) is 21.6. The molecule has 1 unspecified atom stereocenters. The van der Waals surface area contributed by atoms with Crippen molar-refractivity contribution in [1.82, 2.24) is 19.9 Å². The van der Waals surface area contributed by atoms with Crippen LogP contribution in [0.25, 0.3) is 32.9 Å². The van der Waals surface area contributed by atoms with Gasteiger partial charge in [-0.3, -0.25) is 9.88 Å². The van der Waals surface area contributed by atoms with Crippen LogP contribution >= 0.6 is 15.9 Å². The summed E-state index contributed by atoms with van der Waals surface area (Å²) in [5.74, 6) is 0.641. The number of benzene rings is 2. The second-order valence-corrected chi connectivity index (χ2v) is 11.8. The van der Waals surface area contributed by atoms with Crippen molar-refractivity contribution in [3.05, 3.63) is 54.5 Å². The molecule has 39 heavy (non-hydrogen) atoms. The number of hydrogen-bond acceptors (Lipinski definition) is 6. The van der Waals surface area contributed by atoms with Crippen molar-refractivity contribution in [2.45, 2.75) is 37.4 Å². The Bertz CT molecular complexity index is 1550. The van der Waals surface area contributed by atoms with Crippen LogP contribution in [0.2, 0.25) is 0 Å². The molecule has 7 rings (SSSR count). The first-order valence-electron chi connectivity index (χ1n) is 13.7. The third-order valence-corrected chi connectivity index (χ3v) is 9.64. The Balaban J connectivity index is 1.32. The molecule has 2 aromatic heterocycles. The van der Waals surface area contributed by atoms with E-state index < -0.39 is 12.0 Å². The van der Waals surface area contributed by atoms with Crippen LogP contribution in [-0.4, -0.2) is 69.7 Å². The van der Waals surface area contributed by atoms with E-state index in [4.69, 9.17) is 9.72 Å². The van der Waals surface area contributed by atoms with E-state index in [2.05, 4.69) is 35.7 Å². The van der Waals surface area contributed by atoms with Crippen molar-refractivity contribution in [3.63, 3.8) is 0 Å². The smallest absolute Gasteiger partial charge is 0.319 e. The summed E-state index contributed by atoms with van der Waals surface area (Å²) in [5, 5.41) is 3.42. The number of ether oxygens (including phenoxy) is 1. The Kier molecular flexibility index (Phi) is 6.39. The maximum atomic E-state index is 16.4. The second-order valence-electron chi connectivity index (χ2n) is 11.2. The number of fused-ring (bicyclic) bond motifs is 3. The molecule has 3 atom stereocenters. The Morgan fingerprint density at radius 3 is 2.79 bits per heavy atom. The summed E-state index contributed by atoms with van der Waals surface area (Å²) in [7, 11) is 0. The Morgan fingerprint density at radius 1 is 1.05 bits per heavy atom. The van der Waals surface area contributed by atoms with E-state index in [1.165, 1.54) is 0 Å². The van der Waals surface area contributed by atoms with Crippen molar-refractivity contribution < 1.29 is 13.5 Å². The molecule has 4 aromatic rings. The van der Waals surface area contributed by atoms with Crippen LogP contribution in [0.15, 0.2) is 48.7 Å². The number of aromatic nitrogens is 3. The zero-order chi connectivity index (χ0) is 26.6. The minimum atomic E-state index is -0.848. The lowest BCUT2D eigenvalue weighted by Gasteiger charge is -2.31. The monoisotopic (exact) mass is 593 g/mol. The van der Waals surface area contributed by atoms with Crippen molar-refractivity contribution in [2.75, 3.05) is 43.0 Å². The lowest BCUT2D eigenvalue weighted by Crippen LogP contribution is -2.43.